The van der Waals surface area contributed by atoms with Crippen molar-refractivity contribution in [1.82, 2.24) is 0 Å². The van der Waals surface area contributed by atoms with Crippen molar-refractivity contribution in [2.45, 2.75) is 141 Å². The van der Waals surface area contributed by atoms with Crippen LogP contribution >= 0.6 is 0 Å². The quantitative estimate of drug-likeness (QED) is 0.281. The molecule has 0 bridgehead atoms. The molecule has 10 heteroatoms. The number of aliphatic hydroxyl groups is 5. The predicted molar refractivity (Wildman–Crippen MR) is 147 cm³/mol. The van der Waals surface area contributed by atoms with Crippen LogP contribution in [0.4, 0.5) is 0 Å². The molecule has 3 fully saturated rings. The minimum absolute atomic E-state index is 0.0530. The number of esters is 2. The third kappa shape index (κ3) is 4.97. The number of rotatable bonds is 7. The van der Waals surface area contributed by atoms with Gasteiger partial charge in [0.15, 0.2) is 5.78 Å². The topological polar surface area (TPSA) is 171 Å². The number of hydrogen-bond acceptors (Lipinski definition) is 10. The van der Waals surface area contributed by atoms with Crippen LogP contribution in [-0.4, -0.2) is 84.0 Å². The Bertz CT molecular complexity index is 1120. The Labute approximate surface area is 242 Å². The lowest BCUT2D eigenvalue weighted by molar-refractivity contribution is -0.218. The van der Waals surface area contributed by atoms with E-state index in [0.717, 1.165) is 0 Å². The van der Waals surface area contributed by atoms with Gasteiger partial charge in [-0.25, -0.2) is 0 Å². The van der Waals surface area contributed by atoms with Gasteiger partial charge in [0, 0.05) is 31.1 Å². The largest absolute Gasteiger partial charge is 0.460 e. The van der Waals surface area contributed by atoms with Crippen LogP contribution in [0.5, 0.6) is 0 Å². The third-order valence-corrected chi connectivity index (χ3v) is 11.3. The van der Waals surface area contributed by atoms with Gasteiger partial charge in [-0.1, -0.05) is 13.8 Å². The first-order valence-corrected chi connectivity index (χ1v) is 14.8. The monoisotopic (exact) mass is 580 g/mol. The van der Waals surface area contributed by atoms with E-state index >= 15 is 0 Å². The minimum atomic E-state index is -1.89. The highest BCUT2D eigenvalue weighted by atomic mass is 16.6. The molecule has 0 aromatic carbocycles. The Kier molecular flexibility index (Phi) is 7.91. The van der Waals surface area contributed by atoms with Gasteiger partial charge in [-0.15, -0.1) is 0 Å². The molecular formula is C31H48O10. The van der Waals surface area contributed by atoms with Crippen molar-refractivity contribution < 1.29 is 49.4 Å². The van der Waals surface area contributed by atoms with Crippen molar-refractivity contribution in [2.75, 3.05) is 0 Å². The second-order valence-electron chi connectivity index (χ2n) is 14.5. The number of carbonyl (C=O) groups is 3. The maximum absolute atomic E-state index is 13.6. The molecule has 0 aromatic rings. The Morgan fingerprint density at radius 3 is 2.20 bits per heavy atom. The zero-order valence-electron chi connectivity index (χ0n) is 25.4. The van der Waals surface area contributed by atoms with Crippen LogP contribution in [0.15, 0.2) is 11.6 Å². The summed E-state index contributed by atoms with van der Waals surface area (Å²) in [5.74, 6) is -2.66. The maximum Gasteiger partial charge on any atom is 0.303 e. The molecule has 0 aliphatic heterocycles. The zero-order valence-corrected chi connectivity index (χ0v) is 25.4. The lowest BCUT2D eigenvalue weighted by Gasteiger charge is -2.63. The highest BCUT2D eigenvalue weighted by molar-refractivity contribution is 6.00. The summed E-state index contributed by atoms with van der Waals surface area (Å²) >= 11 is 0. The summed E-state index contributed by atoms with van der Waals surface area (Å²) in [5, 5.41) is 57.3. The molecule has 0 spiro atoms. The molecule has 4 rings (SSSR count). The second kappa shape index (κ2) is 10.1. The second-order valence-corrected chi connectivity index (χ2v) is 14.5. The Morgan fingerprint density at radius 2 is 1.63 bits per heavy atom. The fraction of sp³-hybridized carbons (Fsp3) is 0.839. The normalized spacial score (nSPS) is 42.6. The van der Waals surface area contributed by atoms with Gasteiger partial charge in [0.2, 0.25) is 0 Å². The number of hydrogen-bond donors (Lipinski definition) is 5. The molecule has 0 saturated heterocycles. The highest BCUT2D eigenvalue weighted by Crippen LogP contribution is 2.69. The smallest absolute Gasteiger partial charge is 0.303 e. The molecule has 5 N–H and O–H groups in total. The fourth-order valence-corrected chi connectivity index (χ4v) is 8.98. The van der Waals surface area contributed by atoms with Gasteiger partial charge in [0.25, 0.3) is 0 Å². The van der Waals surface area contributed by atoms with Gasteiger partial charge in [-0.3, -0.25) is 14.4 Å². The molecular weight excluding hydrogens is 532 g/mol. The number of ketones is 1. The van der Waals surface area contributed by atoms with Crippen molar-refractivity contribution in [1.29, 1.82) is 0 Å². The van der Waals surface area contributed by atoms with E-state index in [0.29, 0.717) is 24.8 Å². The van der Waals surface area contributed by atoms with E-state index in [1.165, 1.54) is 19.9 Å². The summed E-state index contributed by atoms with van der Waals surface area (Å²) in [4.78, 5) is 37.4. The number of aliphatic hydroxyl groups excluding tert-OH is 1. The molecule has 3 saturated carbocycles. The van der Waals surface area contributed by atoms with Crippen LogP contribution in [0.3, 0.4) is 0 Å². The zero-order chi connectivity index (χ0) is 31.0. The Balaban J connectivity index is 1.72. The van der Waals surface area contributed by atoms with E-state index in [4.69, 9.17) is 9.47 Å². The van der Waals surface area contributed by atoms with Crippen molar-refractivity contribution in [3.8, 4) is 0 Å². The molecule has 232 valence electrons. The van der Waals surface area contributed by atoms with Crippen molar-refractivity contribution in [2.24, 2.45) is 22.7 Å². The summed E-state index contributed by atoms with van der Waals surface area (Å²) < 4.78 is 11.0. The highest BCUT2D eigenvalue weighted by Gasteiger charge is 2.72. The SMILES string of the molecule is CC(=O)O[C@H]1C[C@]2(C)[C@H]3CC[C@]4(C)[C@@H]([C@@](C)(O)[C@@H](CCC(C)(C)O)OC(C)=O)CC[C@@]4(O)C3=CC(=O)[C@]2(O)C[C@H]1O. The lowest BCUT2D eigenvalue weighted by Crippen LogP contribution is -2.69. The van der Waals surface area contributed by atoms with Crippen molar-refractivity contribution in [3.05, 3.63) is 11.6 Å². The summed E-state index contributed by atoms with van der Waals surface area (Å²) in [5.41, 5.74) is -7.48. The summed E-state index contributed by atoms with van der Waals surface area (Å²) in [6.45, 7) is 11.1. The molecule has 41 heavy (non-hydrogen) atoms. The molecule has 0 amide bonds. The molecule has 0 radical (unpaired) electrons. The summed E-state index contributed by atoms with van der Waals surface area (Å²) in [7, 11) is 0. The van der Waals surface area contributed by atoms with E-state index in [1.807, 2.05) is 6.92 Å². The van der Waals surface area contributed by atoms with Crippen molar-refractivity contribution >= 4 is 17.7 Å². The number of fused-ring (bicyclic) bond motifs is 5. The van der Waals surface area contributed by atoms with E-state index < -0.39 is 81.1 Å². The van der Waals surface area contributed by atoms with Crippen LogP contribution < -0.4 is 0 Å². The van der Waals surface area contributed by atoms with Gasteiger partial charge in [-0.2, -0.15) is 0 Å². The van der Waals surface area contributed by atoms with Crippen molar-refractivity contribution in [3.63, 3.8) is 0 Å². The molecule has 4 aliphatic rings. The summed E-state index contributed by atoms with van der Waals surface area (Å²) in [6, 6.07) is 0. The fourth-order valence-electron chi connectivity index (χ4n) is 8.98. The predicted octanol–water partition coefficient (Wildman–Crippen LogP) is 2.11. The van der Waals surface area contributed by atoms with Gasteiger partial charge < -0.3 is 35.0 Å². The van der Waals surface area contributed by atoms with Gasteiger partial charge in [0.1, 0.15) is 23.4 Å². The minimum Gasteiger partial charge on any atom is -0.460 e. The molecule has 0 heterocycles. The van der Waals surface area contributed by atoms with Gasteiger partial charge in [0.05, 0.1) is 17.3 Å². The first-order chi connectivity index (χ1) is 18.6. The average Bonchev–Trinajstić information content (AvgIpc) is 3.10. The van der Waals surface area contributed by atoms with Crippen LogP contribution in [0, 0.1) is 22.7 Å². The van der Waals surface area contributed by atoms with E-state index in [1.54, 1.807) is 27.7 Å². The van der Waals surface area contributed by atoms with Crippen LogP contribution in [0.1, 0.15) is 99.8 Å². The molecule has 10 atom stereocenters. The average molecular weight is 581 g/mol. The first kappa shape index (κ1) is 32.1. The van der Waals surface area contributed by atoms with Gasteiger partial charge in [-0.05, 0) is 89.2 Å². The first-order valence-electron chi connectivity index (χ1n) is 14.8. The number of carbonyl (C=O) groups excluding carboxylic acids is 3. The van der Waals surface area contributed by atoms with E-state index in [2.05, 4.69) is 0 Å². The van der Waals surface area contributed by atoms with Crippen LogP contribution in [-0.2, 0) is 23.9 Å². The third-order valence-electron chi connectivity index (χ3n) is 11.3. The molecule has 0 unspecified atom stereocenters. The van der Waals surface area contributed by atoms with E-state index in [9.17, 15) is 39.9 Å². The Hall–Kier alpha value is -1.85. The van der Waals surface area contributed by atoms with Gasteiger partial charge >= 0.3 is 11.9 Å². The maximum atomic E-state index is 13.6. The standard InChI is InChI=1S/C31H48O10/c1-17(32)40-22-16-28(6)19-8-12-27(5)23(29(7,37)25(41-18(2)33)10-11-26(3,4)36)9-13-30(27,38)20(19)14-24(35)31(28,39)15-21(22)34/h14,19,21-23,25,34,36-39H,8-13,15-16H2,1-7H3/t19-,21+,22-,23-,25+,27+,28+,29+,30+,31+/m0/s1. The Morgan fingerprint density at radius 1 is 1.00 bits per heavy atom. The lowest BCUT2D eigenvalue weighted by atomic mass is 9.44. The van der Waals surface area contributed by atoms with Crippen LogP contribution in [0.2, 0.25) is 0 Å². The molecule has 0 aromatic heterocycles. The molecule has 10 nitrogen and oxygen atoms in total. The molecule has 4 aliphatic carbocycles. The summed E-state index contributed by atoms with van der Waals surface area (Å²) in [6.07, 6.45) is 0.163. The van der Waals surface area contributed by atoms with E-state index in [-0.39, 0.29) is 32.1 Å². The number of ether oxygens (including phenoxy) is 2. The van der Waals surface area contributed by atoms with Crippen LogP contribution in [0.25, 0.3) is 0 Å².